The molecule has 0 spiro atoms. The Balaban J connectivity index is 1.99. The summed E-state index contributed by atoms with van der Waals surface area (Å²) in [6, 6.07) is 14.3. The monoisotopic (exact) mass is 325 g/mol. The van der Waals surface area contributed by atoms with Crippen LogP contribution in [0.25, 0.3) is 10.9 Å². The Morgan fingerprint density at radius 2 is 1.78 bits per heavy atom. The van der Waals surface area contributed by atoms with Crippen molar-refractivity contribution >= 4 is 22.5 Å². The summed E-state index contributed by atoms with van der Waals surface area (Å²) in [5.41, 5.74) is 5.43. The van der Waals surface area contributed by atoms with E-state index in [-0.39, 0.29) is 0 Å². The molecule has 0 amide bonds. The molecule has 118 valence electrons. The van der Waals surface area contributed by atoms with Gasteiger partial charge in [0.15, 0.2) is 0 Å². The van der Waals surface area contributed by atoms with E-state index in [0.29, 0.717) is 6.61 Å². The zero-order valence-electron chi connectivity index (χ0n) is 13.7. The van der Waals surface area contributed by atoms with Gasteiger partial charge in [-0.25, -0.2) is 0 Å². The normalized spacial score (nSPS) is 11.0. The minimum atomic E-state index is 0.679. The van der Waals surface area contributed by atoms with Crippen molar-refractivity contribution in [3.63, 3.8) is 0 Å². The summed E-state index contributed by atoms with van der Waals surface area (Å²) in [5.74, 6) is 0.895. The molecule has 3 rings (SSSR count). The van der Waals surface area contributed by atoms with Gasteiger partial charge in [-0.1, -0.05) is 41.9 Å². The molecule has 1 heterocycles. The second-order valence-electron chi connectivity index (χ2n) is 5.71. The third kappa shape index (κ3) is 3.18. The highest BCUT2D eigenvalue weighted by molar-refractivity contribution is 6.36. The molecule has 23 heavy (non-hydrogen) atoms. The molecule has 0 saturated heterocycles. The van der Waals surface area contributed by atoms with Gasteiger partial charge in [0, 0.05) is 17.5 Å². The second kappa shape index (κ2) is 6.59. The largest absolute Gasteiger partial charge is 0.494 e. The lowest BCUT2D eigenvalue weighted by Crippen LogP contribution is -1.99. The molecule has 2 nitrogen and oxygen atoms in total. The molecule has 0 aliphatic rings. The average molecular weight is 326 g/mol. The van der Waals surface area contributed by atoms with Crippen molar-refractivity contribution in [2.45, 2.75) is 27.2 Å². The highest BCUT2D eigenvalue weighted by Gasteiger charge is 2.12. The molecule has 0 atom stereocenters. The number of fused-ring (bicyclic) bond motifs is 1. The zero-order chi connectivity index (χ0) is 16.4. The Kier molecular flexibility index (Phi) is 4.53. The molecule has 3 aromatic rings. The maximum Gasteiger partial charge on any atom is 0.119 e. The quantitative estimate of drug-likeness (QED) is 0.632. The van der Waals surface area contributed by atoms with E-state index in [1.807, 2.05) is 38.1 Å². The number of hydrogen-bond donors (Lipinski definition) is 0. The van der Waals surface area contributed by atoms with E-state index in [4.69, 9.17) is 21.3 Å². The Labute approximate surface area is 142 Å². The first kappa shape index (κ1) is 15.8. The van der Waals surface area contributed by atoms with E-state index >= 15 is 0 Å². The molecule has 2 aromatic carbocycles. The van der Waals surface area contributed by atoms with Crippen LogP contribution in [0.5, 0.6) is 5.75 Å². The minimum absolute atomic E-state index is 0.679. The van der Waals surface area contributed by atoms with Gasteiger partial charge in [0.2, 0.25) is 0 Å². The summed E-state index contributed by atoms with van der Waals surface area (Å²) in [6.07, 6.45) is 0.772. The molecular weight excluding hydrogens is 306 g/mol. The van der Waals surface area contributed by atoms with Crippen LogP contribution in [0.15, 0.2) is 42.5 Å². The highest BCUT2D eigenvalue weighted by atomic mass is 35.5. The molecule has 0 aliphatic heterocycles. The van der Waals surface area contributed by atoms with Crippen molar-refractivity contribution in [3.05, 3.63) is 69.9 Å². The van der Waals surface area contributed by atoms with Gasteiger partial charge in [-0.3, -0.25) is 4.98 Å². The van der Waals surface area contributed by atoms with Crippen molar-refractivity contribution in [2.75, 3.05) is 6.61 Å². The summed E-state index contributed by atoms with van der Waals surface area (Å²) in [5, 5.41) is 1.84. The van der Waals surface area contributed by atoms with Crippen LogP contribution in [0.3, 0.4) is 0 Å². The predicted octanol–water partition coefficient (Wildman–Crippen LogP) is 5.49. The molecule has 3 heteroatoms. The SMILES string of the molecule is CCOc1ccc(Cc2c(C)nc3c(C)cccc3c2Cl)cc1. The first-order valence-corrected chi connectivity index (χ1v) is 8.24. The fraction of sp³-hybridized carbons (Fsp3) is 0.250. The predicted molar refractivity (Wildman–Crippen MR) is 96.6 cm³/mol. The van der Waals surface area contributed by atoms with Crippen LogP contribution >= 0.6 is 11.6 Å². The fourth-order valence-electron chi connectivity index (χ4n) is 2.82. The summed E-state index contributed by atoms with van der Waals surface area (Å²) < 4.78 is 5.49. The van der Waals surface area contributed by atoms with E-state index in [0.717, 1.165) is 44.9 Å². The molecule has 0 unspecified atom stereocenters. The molecular formula is C20H20ClNO. The summed E-state index contributed by atoms with van der Waals surface area (Å²) in [7, 11) is 0. The van der Waals surface area contributed by atoms with Crippen LogP contribution < -0.4 is 4.74 Å². The highest BCUT2D eigenvalue weighted by Crippen LogP contribution is 2.31. The Hall–Kier alpha value is -2.06. The van der Waals surface area contributed by atoms with Gasteiger partial charge in [0.25, 0.3) is 0 Å². The van der Waals surface area contributed by atoms with Crippen molar-refractivity contribution in [1.29, 1.82) is 0 Å². The lowest BCUT2D eigenvalue weighted by Gasteiger charge is -2.13. The van der Waals surface area contributed by atoms with E-state index in [1.165, 1.54) is 5.56 Å². The van der Waals surface area contributed by atoms with Gasteiger partial charge in [0.05, 0.1) is 17.1 Å². The Morgan fingerprint density at radius 1 is 1.04 bits per heavy atom. The summed E-state index contributed by atoms with van der Waals surface area (Å²) >= 11 is 6.69. The number of rotatable bonds is 4. The van der Waals surface area contributed by atoms with Crippen LogP contribution in [0.2, 0.25) is 5.02 Å². The van der Waals surface area contributed by atoms with E-state index in [1.54, 1.807) is 0 Å². The third-order valence-electron chi connectivity index (χ3n) is 4.07. The van der Waals surface area contributed by atoms with Crippen molar-refractivity contribution < 1.29 is 4.74 Å². The van der Waals surface area contributed by atoms with Crippen molar-refractivity contribution in [3.8, 4) is 5.75 Å². The average Bonchev–Trinajstić information content (AvgIpc) is 2.54. The lowest BCUT2D eigenvalue weighted by atomic mass is 10.0. The number of benzene rings is 2. The smallest absolute Gasteiger partial charge is 0.119 e. The molecule has 0 fully saturated rings. The molecule has 0 radical (unpaired) electrons. The number of hydrogen-bond acceptors (Lipinski definition) is 2. The topological polar surface area (TPSA) is 22.1 Å². The maximum absolute atomic E-state index is 6.69. The number of para-hydroxylation sites is 1. The zero-order valence-corrected chi connectivity index (χ0v) is 14.4. The minimum Gasteiger partial charge on any atom is -0.494 e. The fourth-order valence-corrected chi connectivity index (χ4v) is 3.18. The van der Waals surface area contributed by atoms with Gasteiger partial charge in [-0.15, -0.1) is 0 Å². The van der Waals surface area contributed by atoms with Crippen LogP contribution in [0.1, 0.15) is 29.3 Å². The van der Waals surface area contributed by atoms with Gasteiger partial charge >= 0.3 is 0 Å². The third-order valence-corrected chi connectivity index (χ3v) is 4.50. The van der Waals surface area contributed by atoms with E-state index in [9.17, 15) is 0 Å². The van der Waals surface area contributed by atoms with E-state index < -0.39 is 0 Å². The Bertz CT molecular complexity index is 840. The molecule has 0 saturated carbocycles. The van der Waals surface area contributed by atoms with Gasteiger partial charge in [-0.2, -0.15) is 0 Å². The van der Waals surface area contributed by atoms with Crippen molar-refractivity contribution in [2.24, 2.45) is 0 Å². The standard InChI is InChI=1S/C20H20ClNO/c1-4-23-16-10-8-15(9-11-16)12-18-14(3)22-20-13(2)6-5-7-17(20)19(18)21/h5-11H,4,12H2,1-3H3. The van der Waals surface area contributed by atoms with Crippen LogP contribution in [0.4, 0.5) is 0 Å². The van der Waals surface area contributed by atoms with Crippen LogP contribution in [-0.4, -0.2) is 11.6 Å². The van der Waals surface area contributed by atoms with Crippen molar-refractivity contribution in [1.82, 2.24) is 4.98 Å². The summed E-state index contributed by atoms with van der Waals surface area (Å²) in [6.45, 7) is 6.76. The number of ether oxygens (including phenoxy) is 1. The van der Waals surface area contributed by atoms with Crippen LogP contribution in [-0.2, 0) is 6.42 Å². The van der Waals surface area contributed by atoms with Gasteiger partial charge < -0.3 is 4.74 Å². The maximum atomic E-state index is 6.69. The number of nitrogens with zero attached hydrogens (tertiary/aromatic N) is 1. The molecule has 1 aromatic heterocycles. The lowest BCUT2D eigenvalue weighted by molar-refractivity contribution is 0.340. The number of aromatic nitrogens is 1. The molecule has 0 bridgehead atoms. The molecule has 0 N–H and O–H groups in total. The van der Waals surface area contributed by atoms with Gasteiger partial charge in [0.1, 0.15) is 5.75 Å². The first-order valence-electron chi connectivity index (χ1n) is 7.86. The van der Waals surface area contributed by atoms with Crippen LogP contribution in [0, 0.1) is 13.8 Å². The second-order valence-corrected chi connectivity index (χ2v) is 6.09. The van der Waals surface area contributed by atoms with Gasteiger partial charge in [-0.05, 0) is 49.6 Å². The molecule has 0 aliphatic carbocycles. The summed E-state index contributed by atoms with van der Waals surface area (Å²) in [4.78, 5) is 4.77. The first-order chi connectivity index (χ1) is 11.1. The van der Waals surface area contributed by atoms with E-state index in [2.05, 4.69) is 25.1 Å². The number of halogens is 1. The number of aryl methyl sites for hydroxylation is 2. The number of pyridine rings is 1. The Morgan fingerprint density at radius 3 is 2.48 bits per heavy atom.